The van der Waals surface area contributed by atoms with E-state index in [0.29, 0.717) is 18.3 Å². The van der Waals surface area contributed by atoms with Crippen molar-refractivity contribution in [2.24, 2.45) is 11.7 Å². The quantitative estimate of drug-likeness (QED) is 0.818. The van der Waals surface area contributed by atoms with Crippen LogP contribution in [0.25, 0.3) is 0 Å². The van der Waals surface area contributed by atoms with Crippen molar-refractivity contribution in [3.05, 3.63) is 18.3 Å². The van der Waals surface area contributed by atoms with Gasteiger partial charge in [0.2, 0.25) is 0 Å². The third-order valence-electron chi connectivity index (χ3n) is 2.55. The van der Waals surface area contributed by atoms with Gasteiger partial charge < -0.3 is 11.1 Å². The number of pyridine rings is 1. The van der Waals surface area contributed by atoms with E-state index in [2.05, 4.69) is 10.3 Å². The number of nitrogens with one attached hydrogen (secondary N) is 1. The second-order valence-corrected chi connectivity index (χ2v) is 6.34. The standard InChI is InChI=1S/C11H19N3O2S/c1-8(2)9(7-12)14-11-10(17(3,15)16)5-4-6-13-11/h4-6,8-9H,7,12H2,1-3H3,(H,13,14). The first-order valence-electron chi connectivity index (χ1n) is 5.48. The SMILES string of the molecule is CC(C)C(CN)Nc1ncccc1S(C)(=O)=O. The molecular weight excluding hydrogens is 238 g/mol. The molecule has 0 bridgehead atoms. The zero-order chi connectivity index (χ0) is 13.1. The minimum absolute atomic E-state index is 0.00500. The number of anilines is 1. The molecule has 1 unspecified atom stereocenters. The number of nitrogens with zero attached hydrogens (tertiary/aromatic N) is 1. The fourth-order valence-electron chi connectivity index (χ4n) is 1.47. The Morgan fingerprint density at radius 3 is 2.59 bits per heavy atom. The molecule has 1 aromatic rings. The maximum atomic E-state index is 11.6. The van der Waals surface area contributed by atoms with E-state index >= 15 is 0 Å². The number of hydrogen-bond acceptors (Lipinski definition) is 5. The summed E-state index contributed by atoms with van der Waals surface area (Å²) >= 11 is 0. The van der Waals surface area contributed by atoms with E-state index in [4.69, 9.17) is 5.73 Å². The fourth-order valence-corrected chi connectivity index (χ4v) is 2.26. The zero-order valence-electron chi connectivity index (χ0n) is 10.3. The number of aromatic nitrogens is 1. The molecule has 0 aromatic carbocycles. The Labute approximate surface area is 102 Å². The summed E-state index contributed by atoms with van der Waals surface area (Å²) in [4.78, 5) is 4.28. The molecular formula is C11H19N3O2S. The summed E-state index contributed by atoms with van der Waals surface area (Å²) in [5, 5.41) is 3.09. The number of rotatable bonds is 5. The highest BCUT2D eigenvalue weighted by atomic mass is 32.2. The van der Waals surface area contributed by atoms with Crippen LogP contribution in [0.5, 0.6) is 0 Å². The normalized spacial score (nSPS) is 13.7. The van der Waals surface area contributed by atoms with Crippen molar-refractivity contribution in [2.45, 2.75) is 24.8 Å². The Morgan fingerprint density at radius 2 is 2.12 bits per heavy atom. The second-order valence-electron chi connectivity index (χ2n) is 4.35. The smallest absolute Gasteiger partial charge is 0.179 e. The summed E-state index contributed by atoms with van der Waals surface area (Å²) in [5.41, 5.74) is 5.64. The van der Waals surface area contributed by atoms with Crippen molar-refractivity contribution in [1.82, 2.24) is 4.98 Å². The Bertz CT molecular complexity index is 471. The molecule has 96 valence electrons. The molecule has 0 aliphatic heterocycles. The molecule has 0 aliphatic rings. The van der Waals surface area contributed by atoms with Crippen LogP contribution < -0.4 is 11.1 Å². The predicted octanol–water partition coefficient (Wildman–Crippen LogP) is 0.880. The van der Waals surface area contributed by atoms with E-state index in [0.717, 1.165) is 0 Å². The summed E-state index contributed by atoms with van der Waals surface area (Å²) < 4.78 is 23.2. The van der Waals surface area contributed by atoms with Crippen LogP contribution in [0, 0.1) is 5.92 Å². The van der Waals surface area contributed by atoms with Gasteiger partial charge in [-0.3, -0.25) is 0 Å². The van der Waals surface area contributed by atoms with Crippen molar-refractivity contribution in [2.75, 3.05) is 18.1 Å². The molecule has 5 nitrogen and oxygen atoms in total. The van der Waals surface area contributed by atoms with E-state index < -0.39 is 9.84 Å². The lowest BCUT2D eigenvalue weighted by atomic mass is 10.1. The maximum absolute atomic E-state index is 11.6. The highest BCUT2D eigenvalue weighted by Gasteiger charge is 2.18. The lowest BCUT2D eigenvalue weighted by Gasteiger charge is -2.22. The Hall–Kier alpha value is -1.14. The third kappa shape index (κ3) is 3.67. The average molecular weight is 257 g/mol. The van der Waals surface area contributed by atoms with Gasteiger partial charge in [0.1, 0.15) is 10.7 Å². The Balaban J connectivity index is 3.07. The summed E-state index contributed by atoms with van der Waals surface area (Å²) in [7, 11) is -3.28. The number of sulfone groups is 1. The largest absolute Gasteiger partial charge is 0.365 e. The molecule has 3 N–H and O–H groups in total. The molecule has 1 heterocycles. The lowest BCUT2D eigenvalue weighted by Crippen LogP contribution is -2.34. The Morgan fingerprint density at radius 1 is 1.47 bits per heavy atom. The molecule has 0 saturated carbocycles. The van der Waals surface area contributed by atoms with E-state index in [9.17, 15) is 8.42 Å². The summed E-state index contributed by atoms with van der Waals surface area (Å²) in [6.07, 6.45) is 2.73. The first-order valence-corrected chi connectivity index (χ1v) is 7.37. The van der Waals surface area contributed by atoms with E-state index in [1.807, 2.05) is 13.8 Å². The van der Waals surface area contributed by atoms with Gasteiger partial charge in [0.25, 0.3) is 0 Å². The first kappa shape index (κ1) is 13.9. The highest BCUT2D eigenvalue weighted by molar-refractivity contribution is 7.90. The molecule has 0 aliphatic carbocycles. The van der Waals surface area contributed by atoms with Crippen molar-refractivity contribution >= 4 is 15.7 Å². The molecule has 0 saturated heterocycles. The first-order chi connectivity index (χ1) is 7.86. The van der Waals surface area contributed by atoms with Gasteiger partial charge in [-0.15, -0.1) is 0 Å². The van der Waals surface area contributed by atoms with Gasteiger partial charge in [-0.2, -0.15) is 0 Å². The minimum Gasteiger partial charge on any atom is -0.365 e. The summed E-state index contributed by atoms with van der Waals surface area (Å²) in [5.74, 6) is 0.675. The molecule has 1 aromatic heterocycles. The summed E-state index contributed by atoms with van der Waals surface area (Å²) in [6.45, 7) is 4.47. The molecule has 6 heteroatoms. The molecule has 0 amide bonds. The second kappa shape index (κ2) is 5.46. The minimum atomic E-state index is -3.28. The molecule has 1 atom stereocenters. The summed E-state index contributed by atoms with van der Waals surface area (Å²) in [6, 6.07) is 3.15. The van der Waals surface area contributed by atoms with Crippen molar-refractivity contribution in [3.8, 4) is 0 Å². The monoisotopic (exact) mass is 257 g/mol. The van der Waals surface area contributed by atoms with Crippen LogP contribution >= 0.6 is 0 Å². The lowest BCUT2D eigenvalue weighted by molar-refractivity contribution is 0.528. The Kier molecular flexibility index (Phi) is 4.47. The van der Waals surface area contributed by atoms with Crippen LogP contribution in [0.3, 0.4) is 0 Å². The maximum Gasteiger partial charge on any atom is 0.179 e. The van der Waals surface area contributed by atoms with Crippen LogP contribution in [0.15, 0.2) is 23.2 Å². The van der Waals surface area contributed by atoms with Gasteiger partial charge in [0.15, 0.2) is 9.84 Å². The van der Waals surface area contributed by atoms with Gasteiger partial charge in [0, 0.05) is 25.0 Å². The third-order valence-corrected chi connectivity index (χ3v) is 3.68. The average Bonchev–Trinajstić information content (AvgIpc) is 2.24. The number of hydrogen-bond donors (Lipinski definition) is 2. The van der Waals surface area contributed by atoms with Gasteiger partial charge in [-0.05, 0) is 18.1 Å². The van der Waals surface area contributed by atoms with Crippen molar-refractivity contribution < 1.29 is 8.42 Å². The van der Waals surface area contributed by atoms with Gasteiger partial charge in [-0.1, -0.05) is 13.8 Å². The van der Waals surface area contributed by atoms with Crippen molar-refractivity contribution in [3.63, 3.8) is 0 Å². The van der Waals surface area contributed by atoms with E-state index in [1.54, 1.807) is 18.3 Å². The van der Waals surface area contributed by atoms with Gasteiger partial charge >= 0.3 is 0 Å². The fraction of sp³-hybridized carbons (Fsp3) is 0.545. The van der Waals surface area contributed by atoms with E-state index in [-0.39, 0.29) is 10.9 Å². The molecule has 0 spiro atoms. The predicted molar refractivity (Wildman–Crippen MR) is 68.6 cm³/mol. The molecule has 17 heavy (non-hydrogen) atoms. The molecule has 1 rings (SSSR count). The van der Waals surface area contributed by atoms with Crippen molar-refractivity contribution in [1.29, 1.82) is 0 Å². The topological polar surface area (TPSA) is 85.1 Å². The van der Waals surface area contributed by atoms with Crippen LogP contribution in [0.2, 0.25) is 0 Å². The van der Waals surface area contributed by atoms with Crippen LogP contribution in [0.4, 0.5) is 5.82 Å². The van der Waals surface area contributed by atoms with Crippen LogP contribution in [-0.2, 0) is 9.84 Å². The molecule has 0 radical (unpaired) electrons. The number of nitrogens with two attached hydrogens (primary N) is 1. The highest BCUT2D eigenvalue weighted by Crippen LogP contribution is 2.19. The molecule has 0 fully saturated rings. The van der Waals surface area contributed by atoms with Crippen LogP contribution in [-0.4, -0.2) is 32.2 Å². The van der Waals surface area contributed by atoms with Crippen LogP contribution in [0.1, 0.15) is 13.8 Å². The zero-order valence-corrected chi connectivity index (χ0v) is 11.2. The van der Waals surface area contributed by atoms with Gasteiger partial charge in [0.05, 0.1) is 0 Å². The van der Waals surface area contributed by atoms with E-state index in [1.165, 1.54) is 6.26 Å². The van der Waals surface area contributed by atoms with Gasteiger partial charge in [-0.25, -0.2) is 13.4 Å².